The Bertz CT molecular complexity index is 555. The van der Waals surface area contributed by atoms with Crippen molar-refractivity contribution in [2.24, 2.45) is 28.6 Å². The summed E-state index contributed by atoms with van der Waals surface area (Å²) < 4.78 is 0. The fourth-order valence-electron chi connectivity index (χ4n) is 4.27. The first-order chi connectivity index (χ1) is 11.8. The van der Waals surface area contributed by atoms with Gasteiger partial charge in [0, 0.05) is 0 Å². The van der Waals surface area contributed by atoms with Gasteiger partial charge in [0.15, 0.2) is 0 Å². The predicted molar refractivity (Wildman–Crippen MR) is 105 cm³/mol. The maximum atomic E-state index is 11.6. The molecule has 4 atom stereocenters. The third-order valence-corrected chi connectivity index (χ3v) is 7.01. The van der Waals surface area contributed by atoms with Gasteiger partial charge in [-0.15, -0.1) is 0 Å². The molecule has 2 N–H and O–H groups in total. The molecular formula is C22H38O4. The largest absolute Gasteiger partial charge is 0.481 e. The van der Waals surface area contributed by atoms with E-state index in [9.17, 15) is 14.7 Å². The highest BCUT2D eigenvalue weighted by Gasteiger charge is 2.51. The Kier molecular flexibility index (Phi) is 7.50. The number of rotatable bonds is 2. The number of aliphatic carboxylic acids is 2. The number of hydrogen-bond acceptors (Lipinski definition) is 2. The molecule has 0 spiro atoms. The summed E-state index contributed by atoms with van der Waals surface area (Å²) in [6, 6.07) is 0. The molecule has 4 heteroatoms. The maximum absolute atomic E-state index is 11.6. The van der Waals surface area contributed by atoms with Gasteiger partial charge in [-0.3, -0.25) is 9.59 Å². The molecule has 2 aliphatic carbocycles. The van der Waals surface area contributed by atoms with E-state index in [-0.39, 0.29) is 11.3 Å². The van der Waals surface area contributed by atoms with Crippen molar-refractivity contribution < 1.29 is 19.8 Å². The van der Waals surface area contributed by atoms with Crippen LogP contribution in [-0.4, -0.2) is 22.2 Å². The van der Waals surface area contributed by atoms with E-state index < -0.39 is 17.4 Å². The maximum Gasteiger partial charge on any atom is 0.310 e. The van der Waals surface area contributed by atoms with E-state index in [2.05, 4.69) is 41.5 Å². The summed E-state index contributed by atoms with van der Waals surface area (Å²) in [5.74, 6) is -0.182. The molecule has 4 nitrogen and oxygen atoms in total. The molecule has 2 aliphatic rings. The van der Waals surface area contributed by atoms with Crippen LogP contribution in [0.25, 0.3) is 0 Å². The molecule has 1 saturated carbocycles. The van der Waals surface area contributed by atoms with E-state index in [4.69, 9.17) is 5.11 Å². The van der Waals surface area contributed by atoms with Crippen LogP contribution in [0.2, 0.25) is 0 Å². The molecule has 0 saturated heterocycles. The highest BCUT2D eigenvalue weighted by molar-refractivity contribution is 5.76. The van der Waals surface area contributed by atoms with Gasteiger partial charge < -0.3 is 10.2 Å². The van der Waals surface area contributed by atoms with Gasteiger partial charge >= 0.3 is 11.9 Å². The standard InChI is InChI=1S/C13H24O2.C9H14O2/c1-9-6-7-13(11(14)15,8-10(9)2)12(3,4)5;1-6-3-4-8(9(10)11)5-7(6)2/h9-10H,6-8H2,1-5H3,(H,14,15);8H,3-5H2,1-2H3,(H,10,11)/t9?,10?,13-;8-/m11/s1. The van der Waals surface area contributed by atoms with Crippen molar-refractivity contribution in [1.29, 1.82) is 0 Å². The first kappa shape index (κ1) is 22.7. The van der Waals surface area contributed by atoms with Crippen LogP contribution in [0.1, 0.15) is 87.0 Å². The number of carboxylic acid groups (broad SMARTS) is 2. The second-order valence-electron chi connectivity index (χ2n) is 9.67. The van der Waals surface area contributed by atoms with Crippen LogP contribution in [0.4, 0.5) is 0 Å². The summed E-state index contributed by atoms with van der Waals surface area (Å²) in [4.78, 5) is 22.2. The summed E-state index contributed by atoms with van der Waals surface area (Å²) >= 11 is 0. The van der Waals surface area contributed by atoms with Gasteiger partial charge in [-0.25, -0.2) is 0 Å². The SMILES string of the molecule is CC1=C(C)C[C@H](C(=O)O)CC1.CC1CC[C@@](C(=O)O)(C(C)(C)C)CC1C. The lowest BCUT2D eigenvalue weighted by Gasteiger charge is -2.47. The number of carboxylic acids is 2. The van der Waals surface area contributed by atoms with Crippen LogP contribution < -0.4 is 0 Å². The molecule has 26 heavy (non-hydrogen) atoms. The van der Waals surface area contributed by atoms with Crippen molar-refractivity contribution in [3.63, 3.8) is 0 Å². The van der Waals surface area contributed by atoms with Crippen molar-refractivity contribution in [3.05, 3.63) is 11.1 Å². The predicted octanol–water partition coefficient (Wildman–Crippen LogP) is 5.77. The van der Waals surface area contributed by atoms with Crippen LogP contribution in [0, 0.1) is 28.6 Å². The summed E-state index contributed by atoms with van der Waals surface area (Å²) in [5.41, 5.74) is 1.98. The van der Waals surface area contributed by atoms with Crippen molar-refractivity contribution in [3.8, 4) is 0 Å². The van der Waals surface area contributed by atoms with Gasteiger partial charge in [0.2, 0.25) is 0 Å². The Morgan fingerprint density at radius 2 is 1.58 bits per heavy atom. The zero-order valence-corrected chi connectivity index (χ0v) is 17.7. The number of allylic oxidation sites excluding steroid dienone is 2. The molecule has 2 rings (SSSR count). The molecule has 2 unspecified atom stereocenters. The van der Waals surface area contributed by atoms with E-state index in [0.717, 1.165) is 38.5 Å². The van der Waals surface area contributed by atoms with E-state index in [1.165, 1.54) is 11.1 Å². The fourth-order valence-corrected chi connectivity index (χ4v) is 4.27. The van der Waals surface area contributed by atoms with Crippen LogP contribution in [-0.2, 0) is 9.59 Å². The molecule has 0 aromatic heterocycles. The minimum Gasteiger partial charge on any atom is -0.481 e. The lowest BCUT2D eigenvalue weighted by molar-refractivity contribution is -0.162. The first-order valence-electron chi connectivity index (χ1n) is 9.93. The number of carbonyl (C=O) groups is 2. The molecule has 0 bridgehead atoms. The monoisotopic (exact) mass is 366 g/mol. The van der Waals surface area contributed by atoms with Crippen molar-refractivity contribution in [1.82, 2.24) is 0 Å². The molecule has 0 heterocycles. The topological polar surface area (TPSA) is 74.6 Å². The highest BCUT2D eigenvalue weighted by atomic mass is 16.4. The van der Waals surface area contributed by atoms with Crippen LogP contribution in [0.5, 0.6) is 0 Å². The first-order valence-corrected chi connectivity index (χ1v) is 9.93. The third-order valence-electron chi connectivity index (χ3n) is 7.01. The Morgan fingerprint density at radius 1 is 1.00 bits per heavy atom. The normalized spacial score (nSPS) is 32.5. The summed E-state index contributed by atoms with van der Waals surface area (Å²) in [6.07, 6.45) is 5.23. The van der Waals surface area contributed by atoms with Crippen LogP contribution in [0.3, 0.4) is 0 Å². The minimum atomic E-state index is -0.642. The van der Waals surface area contributed by atoms with Gasteiger partial charge in [0.05, 0.1) is 11.3 Å². The second-order valence-corrected chi connectivity index (χ2v) is 9.67. The summed E-state index contributed by atoms with van der Waals surface area (Å²) in [5, 5.41) is 18.2. The van der Waals surface area contributed by atoms with Gasteiger partial charge in [-0.1, -0.05) is 45.8 Å². The van der Waals surface area contributed by atoms with Crippen molar-refractivity contribution >= 4 is 11.9 Å². The van der Waals surface area contributed by atoms with Gasteiger partial charge in [0.25, 0.3) is 0 Å². The van der Waals surface area contributed by atoms with Crippen molar-refractivity contribution in [2.75, 3.05) is 0 Å². The van der Waals surface area contributed by atoms with Crippen LogP contribution in [0.15, 0.2) is 11.1 Å². The molecule has 0 radical (unpaired) electrons. The van der Waals surface area contributed by atoms with Gasteiger partial charge in [-0.2, -0.15) is 0 Å². The zero-order chi connectivity index (χ0) is 20.3. The van der Waals surface area contributed by atoms with Gasteiger partial charge in [0.1, 0.15) is 0 Å². The summed E-state index contributed by atoms with van der Waals surface area (Å²) in [6.45, 7) is 14.7. The fraction of sp³-hybridized carbons (Fsp3) is 0.818. The highest BCUT2D eigenvalue weighted by Crippen LogP contribution is 2.52. The van der Waals surface area contributed by atoms with E-state index in [1.807, 2.05) is 6.92 Å². The molecule has 0 aliphatic heterocycles. The minimum absolute atomic E-state index is 0.126. The average Bonchev–Trinajstić information content (AvgIpc) is 2.51. The Labute approximate surface area is 159 Å². The molecule has 0 aromatic carbocycles. The molecule has 150 valence electrons. The second kappa shape index (κ2) is 8.58. The van der Waals surface area contributed by atoms with Crippen molar-refractivity contribution in [2.45, 2.75) is 87.0 Å². The average molecular weight is 367 g/mol. The molecule has 0 aromatic rings. The molecular weight excluding hydrogens is 328 g/mol. The quantitative estimate of drug-likeness (QED) is 0.609. The molecule has 1 fully saturated rings. The zero-order valence-electron chi connectivity index (χ0n) is 17.7. The van der Waals surface area contributed by atoms with E-state index in [1.54, 1.807) is 0 Å². The van der Waals surface area contributed by atoms with Crippen LogP contribution >= 0.6 is 0 Å². The van der Waals surface area contributed by atoms with E-state index >= 15 is 0 Å². The Balaban J connectivity index is 0.000000273. The smallest absolute Gasteiger partial charge is 0.310 e. The third kappa shape index (κ3) is 5.11. The Hall–Kier alpha value is -1.32. The molecule has 0 amide bonds. The lowest BCUT2D eigenvalue weighted by Crippen LogP contribution is -2.47. The number of hydrogen-bond donors (Lipinski definition) is 2. The summed E-state index contributed by atoms with van der Waals surface area (Å²) in [7, 11) is 0. The van der Waals surface area contributed by atoms with Gasteiger partial charge in [-0.05, 0) is 69.6 Å². The lowest BCUT2D eigenvalue weighted by atomic mass is 9.55. The Morgan fingerprint density at radius 3 is 1.96 bits per heavy atom. The van der Waals surface area contributed by atoms with E-state index in [0.29, 0.717) is 11.8 Å².